The Morgan fingerprint density at radius 2 is 2.00 bits per heavy atom. The Hall–Kier alpha value is -1.21. The molecule has 2 N–H and O–H groups in total. The van der Waals surface area contributed by atoms with Crippen molar-refractivity contribution in [3.63, 3.8) is 0 Å². The van der Waals surface area contributed by atoms with Crippen molar-refractivity contribution in [1.82, 2.24) is 9.88 Å². The van der Waals surface area contributed by atoms with Crippen molar-refractivity contribution in [2.45, 2.75) is 12.6 Å². The number of hydrogen-bond acceptors (Lipinski definition) is 3. The minimum atomic E-state index is -4.39. The third kappa shape index (κ3) is 5.52. The summed E-state index contributed by atoms with van der Waals surface area (Å²) < 4.78 is 38.1. The van der Waals surface area contributed by atoms with Crippen LogP contribution in [-0.4, -0.2) is 41.2 Å². The maximum Gasteiger partial charge on any atom is 0.399 e. The first-order valence-electron chi connectivity index (χ1n) is 5.74. The largest absolute Gasteiger partial charge is 0.399 e. The van der Waals surface area contributed by atoms with Crippen LogP contribution in [0.25, 0.3) is 0 Å². The lowest BCUT2D eigenvalue weighted by Gasteiger charge is -2.25. The first-order valence-corrected chi connectivity index (χ1v) is 6.15. The van der Waals surface area contributed by atoms with Crippen molar-refractivity contribution in [2.75, 3.05) is 20.1 Å². The highest BCUT2D eigenvalue weighted by Gasteiger charge is 2.42. The number of hydrogen-bond donors (Lipinski definition) is 1. The number of alkyl halides is 3. The molecule has 0 spiro atoms. The zero-order valence-corrected chi connectivity index (χ0v) is 11.3. The highest BCUT2D eigenvalue weighted by molar-refractivity contribution is 7.80. The van der Waals surface area contributed by atoms with Crippen LogP contribution in [0.1, 0.15) is 5.56 Å². The molecule has 0 amide bonds. The smallest absolute Gasteiger partial charge is 0.393 e. The molecule has 0 aromatic carbocycles. The molecule has 0 bridgehead atoms. The molecule has 0 saturated heterocycles. The van der Waals surface area contributed by atoms with Gasteiger partial charge in [0.25, 0.3) is 0 Å². The number of rotatable bonds is 6. The van der Waals surface area contributed by atoms with E-state index in [2.05, 4.69) is 17.2 Å². The van der Waals surface area contributed by atoms with Gasteiger partial charge in [0, 0.05) is 25.5 Å². The summed E-state index contributed by atoms with van der Waals surface area (Å²) in [5, 5.41) is 0. The van der Waals surface area contributed by atoms with Gasteiger partial charge in [-0.05, 0) is 31.2 Å². The molecular formula is C12H16F3N3S. The van der Waals surface area contributed by atoms with Crippen LogP contribution in [0.3, 0.4) is 0 Å². The molecule has 0 aliphatic heterocycles. The van der Waals surface area contributed by atoms with Crippen molar-refractivity contribution in [3.05, 3.63) is 30.1 Å². The number of aromatic nitrogens is 1. The summed E-state index contributed by atoms with van der Waals surface area (Å²) in [5.41, 5.74) is 6.18. The van der Waals surface area contributed by atoms with Crippen LogP contribution in [-0.2, 0) is 6.42 Å². The van der Waals surface area contributed by atoms with E-state index >= 15 is 0 Å². The van der Waals surface area contributed by atoms with E-state index in [9.17, 15) is 13.2 Å². The Balaban J connectivity index is 2.50. The fraction of sp³-hybridized carbons (Fsp3) is 0.500. The second-order valence-corrected chi connectivity index (χ2v) is 4.84. The first kappa shape index (κ1) is 15.8. The number of nitrogens with zero attached hydrogens (tertiary/aromatic N) is 2. The van der Waals surface area contributed by atoms with E-state index in [0.29, 0.717) is 13.0 Å². The molecule has 0 aliphatic rings. The minimum Gasteiger partial charge on any atom is -0.393 e. The molecule has 0 aliphatic carbocycles. The highest BCUT2D eigenvalue weighted by atomic mass is 32.1. The van der Waals surface area contributed by atoms with E-state index in [1.54, 1.807) is 24.3 Å². The van der Waals surface area contributed by atoms with Gasteiger partial charge in [-0.1, -0.05) is 12.2 Å². The van der Waals surface area contributed by atoms with Gasteiger partial charge in [-0.15, -0.1) is 0 Å². The number of thiocarbonyl (C=S) groups is 1. The molecule has 1 unspecified atom stereocenters. The van der Waals surface area contributed by atoms with Gasteiger partial charge in [-0.2, -0.15) is 13.2 Å². The molecule has 0 fully saturated rings. The van der Waals surface area contributed by atoms with E-state index in [4.69, 9.17) is 5.73 Å². The third-order valence-electron chi connectivity index (χ3n) is 2.76. The van der Waals surface area contributed by atoms with Gasteiger partial charge in [-0.25, -0.2) is 0 Å². The number of pyridine rings is 1. The van der Waals surface area contributed by atoms with Crippen LogP contribution in [0.15, 0.2) is 24.5 Å². The standard InChI is InChI=1S/C12H16F3N3S/c1-18(7-4-9-2-5-17-6-3-9)8-10(11(16)19)12(13,14)15/h2-3,5-6,10H,4,7-8H2,1H3,(H2,16,19). The molecule has 1 aromatic heterocycles. The summed E-state index contributed by atoms with van der Waals surface area (Å²) in [6.45, 7) is 0.281. The van der Waals surface area contributed by atoms with Crippen LogP contribution in [0.5, 0.6) is 0 Å². The van der Waals surface area contributed by atoms with Crippen LogP contribution < -0.4 is 5.73 Å². The molecule has 0 saturated carbocycles. The van der Waals surface area contributed by atoms with Gasteiger partial charge in [0.1, 0.15) is 5.92 Å². The summed E-state index contributed by atoms with van der Waals surface area (Å²) in [4.78, 5) is 4.95. The Kier molecular flexibility index (Phi) is 5.68. The Labute approximate surface area is 115 Å². The lowest BCUT2D eigenvalue weighted by atomic mass is 10.1. The normalized spacial score (nSPS) is 13.5. The molecule has 1 rings (SSSR count). The second-order valence-electron chi connectivity index (χ2n) is 4.36. The number of halogens is 3. The lowest BCUT2D eigenvalue weighted by Crippen LogP contribution is -2.42. The van der Waals surface area contributed by atoms with Crippen molar-refractivity contribution >= 4 is 17.2 Å². The van der Waals surface area contributed by atoms with E-state index in [-0.39, 0.29) is 6.54 Å². The minimum absolute atomic E-state index is 0.218. The van der Waals surface area contributed by atoms with Crippen molar-refractivity contribution in [1.29, 1.82) is 0 Å². The van der Waals surface area contributed by atoms with Crippen LogP contribution in [0, 0.1) is 5.92 Å². The monoisotopic (exact) mass is 291 g/mol. The van der Waals surface area contributed by atoms with Gasteiger partial charge < -0.3 is 10.6 Å². The molecule has 3 nitrogen and oxygen atoms in total. The van der Waals surface area contributed by atoms with Gasteiger partial charge >= 0.3 is 6.18 Å². The Bertz CT molecular complexity index is 408. The predicted octanol–water partition coefficient (Wildman–Crippen LogP) is 2.02. The quantitative estimate of drug-likeness (QED) is 0.814. The van der Waals surface area contributed by atoms with Crippen LogP contribution >= 0.6 is 12.2 Å². The SMILES string of the molecule is CN(CCc1ccncc1)CC(C(N)=S)C(F)(F)F. The third-order valence-corrected chi connectivity index (χ3v) is 3.05. The van der Waals surface area contributed by atoms with E-state index in [1.165, 1.54) is 0 Å². The fourth-order valence-corrected chi connectivity index (χ4v) is 1.84. The topological polar surface area (TPSA) is 42.2 Å². The van der Waals surface area contributed by atoms with Crippen molar-refractivity contribution < 1.29 is 13.2 Å². The predicted molar refractivity (Wildman–Crippen MR) is 71.8 cm³/mol. The molecule has 7 heteroatoms. The molecule has 1 atom stereocenters. The maximum atomic E-state index is 12.7. The fourth-order valence-electron chi connectivity index (χ4n) is 1.63. The van der Waals surface area contributed by atoms with Gasteiger partial charge in [0.15, 0.2) is 0 Å². The first-order chi connectivity index (χ1) is 8.80. The number of likely N-dealkylation sites (N-methyl/N-ethyl adjacent to an activating group) is 1. The molecule has 0 radical (unpaired) electrons. The van der Waals surface area contributed by atoms with Gasteiger partial charge in [0.2, 0.25) is 0 Å². The van der Waals surface area contributed by atoms with Crippen molar-refractivity contribution in [2.24, 2.45) is 11.7 Å². The summed E-state index contributed by atoms with van der Waals surface area (Å²) in [5.74, 6) is -1.76. The van der Waals surface area contributed by atoms with Gasteiger partial charge in [0.05, 0.1) is 4.99 Å². The van der Waals surface area contributed by atoms with E-state index in [1.807, 2.05) is 12.1 Å². The summed E-state index contributed by atoms with van der Waals surface area (Å²) in [6.07, 6.45) is -0.427. The summed E-state index contributed by atoms with van der Waals surface area (Å²) in [7, 11) is 1.62. The van der Waals surface area contributed by atoms with Crippen LogP contribution in [0.2, 0.25) is 0 Å². The second kappa shape index (κ2) is 6.81. The zero-order valence-electron chi connectivity index (χ0n) is 10.5. The molecule has 106 valence electrons. The molecule has 1 heterocycles. The average molecular weight is 291 g/mol. The molecule has 19 heavy (non-hydrogen) atoms. The summed E-state index contributed by atoms with van der Waals surface area (Å²) >= 11 is 4.48. The van der Waals surface area contributed by atoms with E-state index in [0.717, 1.165) is 5.56 Å². The lowest BCUT2D eigenvalue weighted by molar-refractivity contribution is -0.158. The Morgan fingerprint density at radius 3 is 2.47 bits per heavy atom. The van der Waals surface area contributed by atoms with E-state index < -0.39 is 17.1 Å². The highest BCUT2D eigenvalue weighted by Crippen LogP contribution is 2.27. The van der Waals surface area contributed by atoms with Gasteiger partial charge in [-0.3, -0.25) is 4.98 Å². The molecule has 1 aromatic rings. The Morgan fingerprint density at radius 1 is 1.42 bits per heavy atom. The maximum absolute atomic E-state index is 12.7. The number of nitrogens with two attached hydrogens (primary N) is 1. The van der Waals surface area contributed by atoms with Crippen LogP contribution in [0.4, 0.5) is 13.2 Å². The average Bonchev–Trinajstić information content (AvgIpc) is 2.33. The molecular weight excluding hydrogens is 275 g/mol. The zero-order chi connectivity index (χ0) is 14.5. The van der Waals surface area contributed by atoms with Crippen molar-refractivity contribution in [3.8, 4) is 0 Å². The summed E-state index contributed by atoms with van der Waals surface area (Å²) in [6, 6.07) is 3.67.